The van der Waals surface area contributed by atoms with Crippen LogP contribution in [-0.2, 0) is 5.88 Å². The molecule has 1 aliphatic heterocycles. The van der Waals surface area contributed by atoms with Crippen molar-refractivity contribution in [3.8, 4) is 0 Å². The molecular weight excluding hydrogens is 260 g/mol. The topological polar surface area (TPSA) is 24.3 Å². The fourth-order valence-electron chi connectivity index (χ4n) is 2.67. The van der Waals surface area contributed by atoms with E-state index < -0.39 is 0 Å². The third kappa shape index (κ3) is 2.19. The summed E-state index contributed by atoms with van der Waals surface area (Å²) in [7, 11) is 2.16. The van der Waals surface area contributed by atoms with Crippen molar-refractivity contribution in [1.82, 2.24) is 14.6 Å². The Balaban J connectivity index is 2.08. The highest BCUT2D eigenvalue weighted by Crippen LogP contribution is 2.21. The number of benzene rings is 1. The highest BCUT2D eigenvalue weighted by atomic mass is 35.5. The summed E-state index contributed by atoms with van der Waals surface area (Å²) in [5.41, 5.74) is 3.44. The molecule has 2 aromatic rings. The van der Waals surface area contributed by atoms with Crippen molar-refractivity contribution in [2.45, 2.75) is 12.8 Å². The smallest absolute Gasteiger partial charge is 0.143 e. The van der Waals surface area contributed by atoms with E-state index in [0.29, 0.717) is 5.88 Å². The number of hydrogen-bond acceptors (Lipinski definition) is 3. The van der Waals surface area contributed by atoms with E-state index in [9.17, 15) is 0 Å². The number of hydrogen-bond donors (Lipinski definition) is 0. The van der Waals surface area contributed by atoms with Crippen LogP contribution in [0.4, 0.5) is 0 Å². The molecule has 102 valence electrons. The van der Waals surface area contributed by atoms with Crippen LogP contribution in [0.5, 0.6) is 0 Å². The maximum absolute atomic E-state index is 6.08. The average molecular weight is 279 g/mol. The molecule has 4 nitrogen and oxygen atoms in total. The summed E-state index contributed by atoms with van der Waals surface area (Å²) in [6.07, 6.45) is 0. The van der Waals surface area contributed by atoms with Crippen molar-refractivity contribution in [3.63, 3.8) is 0 Å². The van der Waals surface area contributed by atoms with Gasteiger partial charge < -0.3 is 9.91 Å². The van der Waals surface area contributed by atoms with Gasteiger partial charge in [-0.05, 0) is 25.6 Å². The van der Waals surface area contributed by atoms with E-state index in [1.165, 1.54) is 11.1 Å². The minimum absolute atomic E-state index is 0.445. The molecule has 1 saturated heterocycles. The highest BCUT2D eigenvalue weighted by Gasteiger charge is 2.20. The average Bonchev–Trinajstić information content (AvgIpc) is 2.80. The minimum atomic E-state index is 0.445. The molecule has 0 aliphatic carbocycles. The lowest BCUT2D eigenvalue weighted by Crippen LogP contribution is -2.50. The molecule has 5 heteroatoms. The molecule has 19 heavy (non-hydrogen) atoms. The van der Waals surface area contributed by atoms with Crippen LogP contribution in [0.1, 0.15) is 11.4 Å². The summed E-state index contributed by atoms with van der Waals surface area (Å²) >= 11 is 6.08. The van der Waals surface area contributed by atoms with Crippen LogP contribution in [0.15, 0.2) is 18.2 Å². The van der Waals surface area contributed by atoms with Crippen molar-refractivity contribution in [1.29, 1.82) is 0 Å². The predicted molar refractivity (Wildman–Crippen MR) is 79.5 cm³/mol. The summed E-state index contributed by atoms with van der Waals surface area (Å²) in [5, 5.41) is 2.35. The number of aromatic nitrogens is 2. The second-order valence-corrected chi connectivity index (χ2v) is 5.44. The van der Waals surface area contributed by atoms with Gasteiger partial charge in [0, 0.05) is 26.2 Å². The van der Waals surface area contributed by atoms with Crippen LogP contribution in [0, 0.1) is 6.92 Å². The van der Waals surface area contributed by atoms with Gasteiger partial charge in [-0.25, -0.2) is 9.66 Å². The minimum Gasteiger partial charge on any atom is -0.308 e. The van der Waals surface area contributed by atoms with Gasteiger partial charge in [0.1, 0.15) is 5.82 Å². The normalized spacial score (nSPS) is 17.3. The van der Waals surface area contributed by atoms with E-state index in [2.05, 4.69) is 46.8 Å². The Hall–Kier alpha value is -1.26. The number of alkyl halides is 1. The molecule has 0 atom stereocenters. The number of aryl methyl sites for hydroxylation is 1. The van der Waals surface area contributed by atoms with Gasteiger partial charge in [0.2, 0.25) is 0 Å². The second-order valence-electron chi connectivity index (χ2n) is 5.17. The van der Waals surface area contributed by atoms with Crippen LogP contribution in [0.2, 0.25) is 0 Å². The second kappa shape index (κ2) is 5.02. The van der Waals surface area contributed by atoms with Crippen molar-refractivity contribution in [2.24, 2.45) is 0 Å². The van der Waals surface area contributed by atoms with E-state index in [-0.39, 0.29) is 0 Å². The monoisotopic (exact) mass is 278 g/mol. The Labute approximate surface area is 118 Å². The van der Waals surface area contributed by atoms with Gasteiger partial charge in [-0.1, -0.05) is 12.1 Å². The lowest BCUT2D eigenvalue weighted by Gasteiger charge is -2.35. The van der Waals surface area contributed by atoms with E-state index in [4.69, 9.17) is 16.6 Å². The molecular formula is C14H19ClN4. The molecule has 1 fully saturated rings. The van der Waals surface area contributed by atoms with Crippen LogP contribution < -0.4 is 5.01 Å². The molecule has 0 saturated carbocycles. The third-order valence-electron chi connectivity index (χ3n) is 3.81. The first-order valence-electron chi connectivity index (χ1n) is 6.67. The molecule has 0 bridgehead atoms. The first kappa shape index (κ1) is 12.8. The predicted octanol–water partition coefficient (Wildman–Crippen LogP) is 1.97. The van der Waals surface area contributed by atoms with E-state index in [1.54, 1.807) is 0 Å². The van der Waals surface area contributed by atoms with Gasteiger partial charge in [0.15, 0.2) is 0 Å². The zero-order valence-corrected chi connectivity index (χ0v) is 12.2. The number of piperazine rings is 1. The molecule has 1 aromatic heterocycles. The summed E-state index contributed by atoms with van der Waals surface area (Å²) < 4.78 is 2.21. The Kier molecular flexibility index (Phi) is 3.37. The molecule has 0 spiro atoms. The summed E-state index contributed by atoms with van der Waals surface area (Å²) in [4.78, 5) is 7.05. The summed E-state index contributed by atoms with van der Waals surface area (Å²) in [6, 6.07) is 6.31. The molecule has 0 unspecified atom stereocenters. The number of fused-ring (bicyclic) bond motifs is 1. The molecule has 0 N–H and O–H groups in total. The Morgan fingerprint density at radius 3 is 2.63 bits per heavy atom. The lowest BCUT2D eigenvalue weighted by atomic mass is 10.2. The van der Waals surface area contributed by atoms with Crippen molar-refractivity contribution >= 4 is 22.6 Å². The van der Waals surface area contributed by atoms with Crippen molar-refractivity contribution in [2.75, 3.05) is 38.2 Å². The maximum Gasteiger partial charge on any atom is 0.143 e. The highest BCUT2D eigenvalue weighted by molar-refractivity contribution is 6.16. The molecule has 2 heterocycles. The molecule has 1 aromatic carbocycles. The molecule has 0 amide bonds. The number of imidazole rings is 1. The standard InChI is InChI=1S/C14H19ClN4/c1-11-4-3-5-12-14(11)16-13(10-15)19(12)18-8-6-17(2)7-9-18/h3-5H,6-10H2,1-2H3. The fraction of sp³-hybridized carbons (Fsp3) is 0.500. The summed E-state index contributed by atoms with van der Waals surface area (Å²) in [5.74, 6) is 1.39. The zero-order chi connectivity index (χ0) is 13.4. The quantitative estimate of drug-likeness (QED) is 0.785. The van der Waals surface area contributed by atoms with Crippen molar-refractivity contribution < 1.29 is 0 Å². The van der Waals surface area contributed by atoms with Crippen molar-refractivity contribution in [3.05, 3.63) is 29.6 Å². The third-order valence-corrected chi connectivity index (χ3v) is 4.05. The lowest BCUT2D eigenvalue weighted by molar-refractivity contribution is 0.288. The van der Waals surface area contributed by atoms with E-state index in [0.717, 1.165) is 37.5 Å². The molecule has 1 aliphatic rings. The van der Waals surface area contributed by atoms with Gasteiger partial charge in [-0.2, -0.15) is 0 Å². The van der Waals surface area contributed by atoms with Crippen LogP contribution >= 0.6 is 11.6 Å². The molecule has 0 radical (unpaired) electrons. The molecule has 3 rings (SSSR count). The van der Waals surface area contributed by atoms with Crippen LogP contribution in [0.3, 0.4) is 0 Å². The zero-order valence-electron chi connectivity index (χ0n) is 11.4. The van der Waals surface area contributed by atoms with Gasteiger partial charge in [-0.15, -0.1) is 11.6 Å². The Morgan fingerprint density at radius 1 is 1.21 bits per heavy atom. The number of likely N-dealkylation sites (N-methyl/N-ethyl adjacent to an activating group) is 1. The van der Waals surface area contributed by atoms with Gasteiger partial charge in [-0.3, -0.25) is 0 Å². The van der Waals surface area contributed by atoms with Gasteiger partial charge in [0.05, 0.1) is 16.9 Å². The largest absolute Gasteiger partial charge is 0.308 e. The Bertz CT molecular complexity index is 584. The van der Waals surface area contributed by atoms with Crippen LogP contribution in [-0.4, -0.2) is 47.8 Å². The van der Waals surface area contributed by atoms with E-state index >= 15 is 0 Å². The fourth-order valence-corrected chi connectivity index (χ4v) is 2.85. The Morgan fingerprint density at radius 2 is 1.95 bits per heavy atom. The van der Waals surface area contributed by atoms with E-state index in [1.807, 2.05) is 0 Å². The first-order chi connectivity index (χ1) is 9.20. The van der Waals surface area contributed by atoms with Gasteiger partial charge in [0.25, 0.3) is 0 Å². The SMILES string of the molecule is Cc1cccc2c1nc(CCl)n2N1CCN(C)CC1. The first-order valence-corrected chi connectivity index (χ1v) is 7.21. The number of nitrogens with zero attached hydrogens (tertiary/aromatic N) is 4. The summed E-state index contributed by atoms with van der Waals surface area (Å²) in [6.45, 7) is 6.28. The van der Waals surface area contributed by atoms with Gasteiger partial charge >= 0.3 is 0 Å². The number of rotatable bonds is 2. The number of para-hydroxylation sites is 1. The maximum atomic E-state index is 6.08. The number of halogens is 1. The van der Waals surface area contributed by atoms with Crippen LogP contribution in [0.25, 0.3) is 11.0 Å².